The van der Waals surface area contributed by atoms with E-state index in [-0.39, 0.29) is 5.82 Å². The summed E-state index contributed by atoms with van der Waals surface area (Å²) in [5.41, 5.74) is 4.43. The highest BCUT2D eigenvalue weighted by Crippen LogP contribution is 2.28. The van der Waals surface area contributed by atoms with Gasteiger partial charge in [0.15, 0.2) is 0 Å². The van der Waals surface area contributed by atoms with Gasteiger partial charge in [-0.25, -0.2) is 4.39 Å². The van der Waals surface area contributed by atoms with Crippen LogP contribution < -0.4 is 5.48 Å². The highest BCUT2D eigenvalue weighted by Gasteiger charge is 2.07. The van der Waals surface area contributed by atoms with Crippen molar-refractivity contribution < 1.29 is 14.0 Å². The van der Waals surface area contributed by atoms with Crippen LogP contribution in [-0.4, -0.2) is 20.3 Å². The summed E-state index contributed by atoms with van der Waals surface area (Å²) in [5.74, 6) is -0.202. The minimum absolute atomic E-state index is 0.202. The summed E-state index contributed by atoms with van der Waals surface area (Å²) in [6, 6.07) is 8.90. The van der Waals surface area contributed by atoms with Crippen molar-refractivity contribution >= 4 is 11.3 Å². The molecule has 0 fully saturated rings. The van der Waals surface area contributed by atoms with E-state index < -0.39 is 0 Å². The molecule has 0 aliphatic rings. The van der Waals surface area contributed by atoms with E-state index >= 15 is 0 Å². The highest BCUT2D eigenvalue weighted by atomic mass is 32.1. The van der Waals surface area contributed by atoms with Crippen molar-refractivity contribution in [2.75, 3.05) is 20.3 Å². The zero-order valence-corrected chi connectivity index (χ0v) is 11.5. The Bertz CT molecular complexity index is 502. The van der Waals surface area contributed by atoms with Crippen LogP contribution in [0.5, 0.6) is 0 Å². The van der Waals surface area contributed by atoms with Gasteiger partial charge in [0.1, 0.15) is 5.82 Å². The normalized spacial score (nSPS) is 10.8. The summed E-state index contributed by atoms with van der Waals surface area (Å²) < 4.78 is 18.6. The topological polar surface area (TPSA) is 30.5 Å². The SMILES string of the molecule is COCCONCc1ccc(F)c(-c2cccs2)c1. The summed E-state index contributed by atoms with van der Waals surface area (Å²) in [6.07, 6.45) is 0. The molecule has 0 saturated heterocycles. The minimum Gasteiger partial charge on any atom is -0.382 e. The molecule has 2 aromatic rings. The lowest BCUT2D eigenvalue weighted by molar-refractivity contribution is 0.00346. The molecule has 2 rings (SSSR count). The van der Waals surface area contributed by atoms with Crippen molar-refractivity contribution in [2.24, 2.45) is 0 Å². The van der Waals surface area contributed by atoms with Gasteiger partial charge >= 0.3 is 0 Å². The summed E-state index contributed by atoms with van der Waals surface area (Å²) in [6.45, 7) is 1.55. The maximum Gasteiger partial charge on any atom is 0.131 e. The van der Waals surface area contributed by atoms with Crippen LogP contribution in [0.3, 0.4) is 0 Å². The third-order valence-electron chi connectivity index (χ3n) is 2.59. The predicted molar refractivity (Wildman–Crippen MR) is 74.4 cm³/mol. The first-order valence-electron chi connectivity index (χ1n) is 5.97. The number of ether oxygens (including phenoxy) is 1. The van der Waals surface area contributed by atoms with Crippen LogP contribution in [0.1, 0.15) is 5.56 Å². The Labute approximate surface area is 115 Å². The fourth-order valence-electron chi connectivity index (χ4n) is 1.63. The van der Waals surface area contributed by atoms with E-state index in [9.17, 15) is 4.39 Å². The zero-order valence-electron chi connectivity index (χ0n) is 10.7. The Morgan fingerprint density at radius 1 is 1.26 bits per heavy atom. The van der Waals surface area contributed by atoms with Gasteiger partial charge in [-0.2, -0.15) is 5.48 Å². The standard InChI is InChI=1S/C14H16FNO2S/c1-17-6-7-18-16-10-11-4-5-13(15)12(9-11)14-3-2-8-19-14/h2-5,8-9,16H,6-7,10H2,1H3. The van der Waals surface area contributed by atoms with Crippen LogP contribution in [-0.2, 0) is 16.1 Å². The number of thiophene rings is 1. The molecule has 0 aliphatic carbocycles. The molecule has 0 bridgehead atoms. The van der Waals surface area contributed by atoms with E-state index in [0.717, 1.165) is 10.4 Å². The first-order valence-corrected chi connectivity index (χ1v) is 6.85. The second kappa shape index (κ2) is 7.35. The number of methoxy groups -OCH3 is 1. The molecular weight excluding hydrogens is 265 g/mol. The van der Waals surface area contributed by atoms with Gasteiger partial charge in [-0.15, -0.1) is 11.3 Å². The lowest BCUT2D eigenvalue weighted by atomic mass is 10.1. The van der Waals surface area contributed by atoms with Gasteiger partial charge in [0, 0.05) is 24.1 Å². The van der Waals surface area contributed by atoms with Crippen LogP contribution in [0.4, 0.5) is 4.39 Å². The summed E-state index contributed by atoms with van der Waals surface area (Å²) in [5, 5.41) is 1.94. The molecule has 0 spiro atoms. The summed E-state index contributed by atoms with van der Waals surface area (Å²) >= 11 is 1.53. The van der Waals surface area contributed by atoms with Gasteiger partial charge in [-0.1, -0.05) is 12.1 Å². The van der Waals surface area contributed by atoms with E-state index in [1.54, 1.807) is 13.2 Å². The van der Waals surface area contributed by atoms with Crippen LogP contribution in [0.2, 0.25) is 0 Å². The van der Waals surface area contributed by atoms with Crippen molar-refractivity contribution in [3.63, 3.8) is 0 Å². The molecule has 19 heavy (non-hydrogen) atoms. The number of nitrogens with one attached hydrogen (secondary N) is 1. The fraction of sp³-hybridized carbons (Fsp3) is 0.286. The quantitative estimate of drug-likeness (QED) is 0.624. The molecule has 1 aromatic carbocycles. The van der Waals surface area contributed by atoms with Crippen molar-refractivity contribution in [1.29, 1.82) is 0 Å². The number of hydrogen-bond acceptors (Lipinski definition) is 4. The molecular formula is C14H16FNO2S. The van der Waals surface area contributed by atoms with Gasteiger partial charge in [0.05, 0.1) is 13.2 Å². The maximum absolute atomic E-state index is 13.8. The third kappa shape index (κ3) is 4.11. The Kier molecular flexibility index (Phi) is 5.47. The van der Waals surface area contributed by atoms with E-state index in [0.29, 0.717) is 25.3 Å². The molecule has 0 saturated carbocycles. The molecule has 0 amide bonds. The Balaban J connectivity index is 1.97. The van der Waals surface area contributed by atoms with Crippen molar-refractivity contribution in [1.82, 2.24) is 5.48 Å². The van der Waals surface area contributed by atoms with E-state index in [2.05, 4.69) is 5.48 Å². The van der Waals surface area contributed by atoms with Gasteiger partial charge in [0.2, 0.25) is 0 Å². The lowest BCUT2D eigenvalue weighted by Crippen LogP contribution is -2.17. The molecule has 5 heteroatoms. The van der Waals surface area contributed by atoms with Crippen molar-refractivity contribution in [3.8, 4) is 10.4 Å². The average molecular weight is 281 g/mol. The number of hydrogen-bond donors (Lipinski definition) is 1. The molecule has 102 valence electrons. The first-order chi connectivity index (χ1) is 9.31. The molecule has 3 nitrogen and oxygen atoms in total. The van der Waals surface area contributed by atoms with Crippen LogP contribution in [0.25, 0.3) is 10.4 Å². The molecule has 0 radical (unpaired) electrons. The van der Waals surface area contributed by atoms with Crippen LogP contribution >= 0.6 is 11.3 Å². The lowest BCUT2D eigenvalue weighted by Gasteiger charge is -2.07. The second-order valence-electron chi connectivity index (χ2n) is 3.95. The molecule has 0 atom stereocenters. The Morgan fingerprint density at radius 3 is 2.89 bits per heavy atom. The first kappa shape index (κ1) is 14.1. The molecule has 0 unspecified atom stereocenters. The van der Waals surface area contributed by atoms with Crippen LogP contribution in [0, 0.1) is 5.82 Å². The number of halogens is 1. The van der Waals surface area contributed by atoms with Gasteiger partial charge in [-0.05, 0) is 29.1 Å². The number of rotatable bonds is 7. The zero-order chi connectivity index (χ0) is 13.5. The van der Waals surface area contributed by atoms with E-state index in [1.807, 2.05) is 23.6 Å². The van der Waals surface area contributed by atoms with Crippen molar-refractivity contribution in [3.05, 3.63) is 47.1 Å². The summed E-state index contributed by atoms with van der Waals surface area (Å²) in [4.78, 5) is 6.10. The fourth-order valence-corrected chi connectivity index (χ4v) is 2.38. The van der Waals surface area contributed by atoms with Crippen molar-refractivity contribution in [2.45, 2.75) is 6.54 Å². The third-order valence-corrected chi connectivity index (χ3v) is 3.49. The average Bonchev–Trinajstić information content (AvgIpc) is 2.94. The minimum atomic E-state index is -0.202. The maximum atomic E-state index is 13.8. The Hall–Kier alpha value is -1.27. The van der Waals surface area contributed by atoms with Crippen LogP contribution in [0.15, 0.2) is 35.7 Å². The van der Waals surface area contributed by atoms with Gasteiger partial charge in [-0.3, -0.25) is 4.84 Å². The smallest absolute Gasteiger partial charge is 0.131 e. The molecule has 1 heterocycles. The molecule has 1 aromatic heterocycles. The largest absolute Gasteiger partial charge is 0.382 e. The monoisotopic (exact) mass is 281 g/mol. The Morgan fingerprint density at radius 2 is 2.16 bits per heavy atom. The predicted octanol–water partition coefficient (Wildman–Crippen LogP) is 3.22. The number of benzene rings is 1. The summed E-state index contributed by atoms with van der Waals surface area (Å²) in [7, 11) is 1.62. The number of hydroxylamine groups is 1. The highest BCUT2D eigenvalue weighted by molar-refractivity contribution is 7.13. The second-order valence-corrected chi connectivity index (χ2v) is 4.90. The van der Waals surface area contributed by atoms with E-state index in [1.165, 1.54) is 17.4 Å². The van der Waals surface area contributed by atoms with Gasteiger partial charge in [0.25, 0.3) is 0 Å². The van der Waals surface area contributed by atoms with Gasteiger partial charge < -0.3 is 4.74 Å². The molecule has 1 N–H and O–H groups in total. The van der Waals surface area contributed by atoms with E-state index in [4.69, 9.17) is 9.57 Å². The molecule has 0 aliphatic heterocycles.